The fourth-order valence-corrected chi connectivity index (χ4v) is 2.21. The highest BCUT2D eigenvalue weighted by molar-refractivity contribution is 7.20. The largest absolute Gasteiger partial charge is 0.349 e. The van der Waals surface area contributed by atoms with E-state index in [9.17, 15) is 0 Å². The predicted octanol–water partition coefficient (Wildman–Crippen LogP) is 3.30. The molecule has 0 aromatic carbocycles. The fraction of sp³-hybridized carbons (Fsp3) is 0.571. The lowest BCUT2D eigenvalue weighted by Gasteiger charge is -2.16. The van der Waals surface area contributed by atoms with E-state index in [2.05, 4.69) is 23.7 Å². The van der Waals surface area contributed by atoms with E-state index < -0.39 is 0 Å². The average molecular weight is 225 g/mol. The third-order valence-corrected chi connectivity index (χ3v) is 3.37. The second-order valence-electron chi connectivity index (χ2n) is 2.23. The van der Waals surface area contributed by atoms with Crippen LogP contribution in [0.1, 0.15) is 13.8 Å². The normalized spacial score (nSPS) is 10.3. The zero-order valence-corrected chi connectivity index (χ0v) is 9.30. The highest BCUT2D eigenvalue weighted by atomic mass is 35.5. The molecule has 2 nitrogen and oxygen atoms in total. The Hall–Kier alpha value is 0.01000. The molecule has 0 bridgehead atoms. The van der Waals surface area contributed by atoms with Crippen LogP contribution in [0.15, 0.2) is 0 Å². The molecule has 0 unspecified atom stereocenters. The number of hydrogen-bond donors (Lipinski definition) is 0. The first kappa shape index (κ1) is 10.1. The minimum absolute atomic E-state index is 0.406. The van der Waals surface area contributed by atoms with Crippen molar-refractivity contribution in [1.82, 2.24) is 4.98 Å². The maximum absolute atomic E-state index is 5.78. The topological polar surface area (TPSA) is 16.1 Å². The number of hydrogen-bond acceptors (Lipinski definition) is 3. The quantitative estimate of drug-likeness (QED) is 0.784. The highest BCUT2D eigenvalue weighted by Gasteiger charge is 2.10. The third kappa shape index (κ3) is 2.03. The van der Waals surface area contributed by atoms with Gasteiger partial charge >= 0.3 is 0 Å². The van der Waals surface area contributed by atoms with Gasteiger partial charge in [0.25, 0.3) is 0 Å². The molecule has 68 valence electrons. The van der Waals surface area contributed by atoms with Crippen molar-refractivity contribution in [2.24, 2.45) is 0 Å². The molecule has 0 spiro atoms. The van der Waals surface area contributed by atoms with Crippen molar-refractivity contribution in [3.63, 3.8) is 0 Å². The molecule has 0 atom stereocenters. The van der Waals surface area contributed by atoms with E-state index in [0.717, 1.165) is 18.2 Å². The zero-order valence-electron chi connectivity index (χ0n) is 6.97. The molecule has 5 heteroatoms. The second kappa shape index (κ2) is 4.30. The fourth-order valence-electron chi connectivity index (χ4n) is 0.902. The minimum Gasteiger partial charge on any atom is -0.349 e. The van der Waals surface area contributed by atoms with Crippen molar-refractivity contribution in [2.45, 2.75) is 13.8 Å². The van der Waals surface area contributed by atoms with Gasteiger partial charge in [-0.05, 0) is 13.8 Å². The van der Waals surface area contributed by atoms with Gasteiger partial charge in [0, 0.05) is 13.1 Å². The Balaban J connectivity index is 2.86. The Morgan fingerprint density at radius 1 is 1.33 bits per heavy atom. The van der Waals surface area contributed by atoms with Crippen LogP contribution in [0, 0.1) is 0 Å². The van der Waals surface area contributed by atoms with Crippen molar-refractivity contribution in [1.29, 1.82) is 0 Å². The molecule has 1 heterocycles. The monoisotopic (exact) mass is 224 g/mol. The molecule has 0 saturated heterocycles. The molecule has 0 saturated carbocycles. The summed E-state index contributed by atoms with van der Waals surface area (Å²) in [6.45, 7) is 6.01. The van der Waals surface area contributed by atoms with Crippen LogP contribution in [-0.2, 0) is 0 Å². The Morgan fingerprint density at radius 3 is 2.25 bits per heavy atom. The minimum atomic E-state index is 0.406. The van der Waals surface area contributed by atoms with Crippen LogP contribution in [0.5, 0.6) is 0 Å². The molecule has 0 N–H and O–H groups in total. The highest BCUT2D eigenvalue weighted by Crippen LogP contribution is 2.33. The number of anilines is 1. The van der Waals surface area contributed by atoms with Crippen LogP contribution in [0.3, 0.4) is 0 Å². The Labute approximate surface area is 86.1 Å². The van der Waals surface area contributed by atoms with Gasteiger partial charge in [-0.1, -0.05) is 34.5 Å². The van der Waals surface area contributed by atoms with Gasteiger partial charge in [-0.15, -0.1) is 0 Å². The van der Waals surface area contributed by atoms with Crippen molar-refractivity contribution in [2.75, 3.05) is 18.0 Å². The Kier molecular flexibility index (Phi) is 3.62. The average Bonchev–Trinajstić information content (AvgIpc) is 2.35. The molecule has 0 fully saturated rings. The third-order valence-electron chi connectivity index (χ3n) is 1.57. The van der Waals surface area contributed by atoms with Crippen LogP contribution in [-0.4, -0.2) is 18.1 Å². The molecule has 1 aromatic heterocycles. The summed E-state index contributed by atoms with van der Waals surface area (Å²) in [5.74, 6) is 0. The second-order valence-corrected chi connectivity index (χ2v) is 4.17. The number of nitrogens with zero attached hydrogens (tertiary/aromatic N) is 2. The molecule has 0 aliphatic heterocycles. The van der Waals surface area contributed by atoms with E-state index in [1.807, 2.05) is 0 Å². The zero-order chi connectivity index (χ0) is 9.14. The number of aromatic nitrogens is 1. The van der Waals surface area contributed by atoms with Crippen molar-refractivity contribution in [3.05, 3.63) is 9.49 Å². The van der Waals surface area contributed by atoms with Crippen molar-refractivity contribution in [3.8, 4) is 0 Å². The summed E-state index contributed by atoms with van der Waals surface area (Å²) in [5.41, 5.74) is 0. The summed E-state index contributed by atoms with van der Waals surface area (Å²) in [6, 6.07) is 0. The molecule has 0 aliphatic carbocycles. The summed E-state index contributed by atoms with van der Waals surface area (Å²) in [4.78, 5) is 6.24. The maximum atomic E-state index is 5.78. The summed E-state index contributed by atoms with van der Waals surface area (Å²) in [5, 5.41) is 1.30. The summed E-state index contributed by atoms with van der Waals surface area (Å²) >= 11 is 12.9. The lowest BCUT2D eigenvalue weighted by atomic mass is 10.6. The molecular weight excluding hydrogens is 215 g/mol. The standard InChI is InChI=1S/C7H10Cl2N2S/c1-3-11(4-2)7-10-5(8)6(9)12-7/h3-4H2,1-2H3. The van der Waals surface area contributed by atoms with E-state index in [-0.39, 0.29) is 0 Å². The van der Waals surface area contributed by atoms with Crippen LogP contribution >= 0.6 is 34.5 Å². The number of halogens is 2. The van der Waals surface area contributed by atoms with Gasteiger partial charge in [-0.2, -0.15) is 0 Å². The first-order chi connectivity index (χ1) is 5.69. The van der Waals surface area contributed by atoms with Crippen LogP contribution in [0.2, 0.25) is 9.49 Å². The lowest BCUT2D eigenvalue weighted by Crippen LogP contribution is -2.21. The Bertz CT molecular complexity index is 238. The van der Waals surface area contributed by atoms with Gasteiger partial charge in [0.15, 0.2) is 10.3 Å². The SMILES string of the molecule is CCN(CC)c1nc(Cl)c(Cl)s1. The summed E-state index contributed by atoms with van der Waals surface area (Å²) in [7, 11) is 0. The van der Waals surface area contributed by atoms with Gasteiger partial charge in [0.05, 0.1) is 0 Å². The molecule has 12 heavy (non-hydrogen) atoms. The van der Waals surface area contributed by atoms with E-state index in [1.54, 1.807) is 0 Å². The predicted molar refractivity (Wildman–Crippen MR) is 55.7 cm³/mol. The smallest absolute Gasteiger partial charge is 0.188 e. The van der Waals surface area contributed by atoms with E-state index >= 15 is 0 Å². The summed E-state index contributed by atoms with van der Waals surface area (Å²) < 4.78 is 0.568. The van der Waals surface area contributed by atoms with Crippen molar-refractivity contribution < 1.29 is 0 Å². The molecule has 0 radical (unpaired) electrons. The van der Waals surface area contributed by atoms with Gasteiger partial charge in [-0.25, -0.2) is 4.98 Å². The molecular formula is C7H10Cl2N2S. The summed E-state index contributed by atoms with van der Waals surface area (Å²) in [6.07, 6.45) is 0. The first-order valence-electron chi connectivity index (χ1n) is 3.75. The van der Waals surface area contributed by atoms with Crippen LogP contribution in [0.4, 0.5) is 5.13 Å². The van der Waals surface area contributed by atoms with E-state index in [1.165, 1.54) is 11.3 Å². The van der Waals surface area contributed by atoms with Crippen molar-refractivity contribution >= 4 is 39.7 Å². The maximum Gasteiger partial charge on any atom is 0.188 e. The number of thiazole rings is 1. The van der Waals surface area contributed by atoms with Gasteiger partial charge in [0.1, 0.15) is 4.34 Å². The van der Waals surface area contributed by atoms with Gasteiger partial charge in [0.2, 0.25) is 0 Å². The molecule has 0 amide bonds. The van der Waals surface area contributed by atoms with E-state index in [4.69, 9.17) is 23.2 Å². The van der Waals surface area contributed by atoms with E-state index in [0.29, 0.717) is 9.49 Å². The Morgan fingerprint density at radius 2 is 1.92 bits per heavy atom. The number of rotatable bonds is 3. The van der Waals surface area contributed by atoms with Crippen LogP contribution < -0.4 is 4.90 Å². The van der Waals surface area contributed by atoms with Crippen LogP contribution in [0.25, 0.3) is 0 Å². The molecule has 0 aliphatic rings. The van der Waals surface area contributed by atoms with Gasteiger partial charge < -0.3 is 4.90 Å². The lowest BCUT2D eigenvalue weighted by molar-refractivity contribution is 0.860. The van der Waals surface area contributed by atoms with Gasteiger partial charge in [-0.3, -0.25) is 0 Å². The first-order valence-corrected chi connectivity index (χ1v) is 5.33. The molecule has 1 rings (SSSR count). The molecule has 1 aromatic rings.